The molecule has 3 nitrogen and oxygen atoms in total. The van der Waals surface area contributed by atoms with Gasteiger partial charge in [-0.3, -0.25) is 4.98 Å². The third kappa shape index (κ3) is 5.47. The lowest BCUT2D eigenvalue weighted by Gasteiger charge is -2.09. The molecule has 0 atom stereocenters. The predicted molar refractivity (Wildman–Crippen MR) is 70.7 cm³/mol. The van der Waals surface area contributed by atoms with Gasteiger partial charge < -0.3 is 10.1 Å². The van der Waals surface area contributed by atoms with Crippen LogP contribution in [0.3, 0.4) is 0 Å². The highest BCUT2D eigenvalue weighted by molar-refractivity contribution is 9.10. The van der Waals surface area contributed by atoms with Crippen molar-refractivity contribution in [2.75, 3.05) is 25.1 Å². The van der Waals surface area contributed by atoms with Gasteiger partial charge in [0.25, 0.3) is 0 Å². The Kier molecular flexibility index (Phi) is 6.42. The van der Waals surface area contributed by atoms with E-state index in [0.29, 0.717) is 5.92 Å². The maximum absolute atomic E-state index is 5.51. The van der Waals surface area contributed by atoms with Gasteiger partial charge in [0.1, 0.15) is 0 Å². The monoisotopic (exact) mass is 286 g/mol. The minimum atomic E-state index is 0.710. The molecule has 0 aliphatic carbocycles. The molecule has 0 aliphatic heterocycles. The molecule has 1 rings (SSSR count). The summed E-state index contributed by atoms with van der Waals surface area (Å²) >= 11 is 3.43. The van der Waals surface area contributed by atoms with Crippen molar-refractivity contribution in [3.05, 3.63) is 22.9 Å². The lowest BCUT2D eigenvalue weighted by molar-refractivity contribution is 0.132. The van der Waals surface area contributed by atoms with Crippen LogP contribution in [-0.4, -0.2) is 24.7 Å². The smallest absolute Gasteiger partial charge is 0.0639 e. The van der Waals surface area contributed by atoms with Gasteiger partial charge >= 0.3 is 0 Å². The number of hydrogen-bond donors (Lipinski definition) is 1. The molecule has 90 valence electrons. The summed E-state index contributed by atoms with van der Waals surface area (Å²) < 4.78 is 6.50. The highest BCUT2D eigenvalue weighted by Gasteiger charge is 1.97. The molecule has 0 bridgehead atoms. The van der Waals surface area contributed by atoms with Gasteiger partial charge in [0.15, 0.2) is 0 Å². The van der Waals surface area contributed by atoms with E-state index in [4.69, 9.17) is 4.74 Å². The Morgan fingerprint density at radius 2 is 2.25 bits per heavy atom. The number of hydrogen-bond acceptors (Lipinski definition) is 3. The number of nitrogens with zero attached hydrogens (tertiary/aromatic N) is 1. The molecule has 1 aromatic heterocycles. The molecule has 0 radical (unpaired) electrons. The Morgan fingerprint density at radius 1 is 1.44 bits per heavy atom. The summed E-state index contributed by atoms with van der Waals surface area (Å²) in [6.07, 6.45) is 4.67. The number of pyridine rings is 1. The first-order valence-corrected chi connectivity index (χ1v) is 6.40. The van der Waals surface area contributed by atoms with E-state index in [-0.39, 0.29) is 0 Å². The summed E-state index contributed by atoms with van der Waals surface area (Å²) in [5.41, 5.74) is 1.06. The van der Waals surface area contributed by atoms with E-state index < -0.39 is 0 Å². The van der Waals surface area contributed by atoms with E-state index in [9.17, 15) is 0 Å². The number of anilines is 1. The Hall–Kier alpha value is -0.610. The van der Waals surface area contributed by atoms with E-state index >= 15 is 0 Å². The fraction of sp³-hybridized carbons (Fsp3) is 0.583. The second-order valence-electron chi connectivity index (χ2n) is 4.08. The number of nitrogens with one attached hydrogen (secondary N) is 1. The van der Waals surface area contributed by atoms with Gasteiger partial charge in [-0.15, -0.1) is 0 Å². The molecular weight excluding hydrogens is 268 g/mol. The van der Waals surface area contributed by atoms with Gasteiger partial charge in [-0.25, -0.2) is 0 Å². The summed E-state index contributed by atoms with van der Waals surface area (Å²) in [7, 11) is 0. The van der Waals surface area contributed by atoms with E-state index in [1.807, 2.05) is 6.07 Å². The van der Waals surface area contributed by atoms with E-state index in [1.54, 1.807) is 12.4 Å². The van der Waals surface area contributed by atoms with Crippen molar-refractivity contribution in [1.82, 2.24) is 4.98 Å². The van der Waals surface area contributed by atoms with Gasteiger partial charge in [-0.05, 0) is 34.3 Å². The van der Waals surface area contributed by atoms with E-state index in [1.165, 1.54) is 0 Å². The van der Waals surface area contributed by atoms with E-state index in [0.717, 1.165) is 36.3 Å². The molecule has 0 saturated carbocycles. The van der Waals surface area contributed by atoms with Crippen molar-refractivity contribution in [3.8, 4) is 0 Å². The molecule has 1 aromatic rings. The van der Waals surface area contributed by atoms with Crippen LogP contribution in [-0.2, 0) is 4.74 Å². The third-order valence-corrected chi connectivity index (χ3v) is 2.81. The van der Waals surface area contributed by atoms with Crippen LogP contribution >= 0.6 is 15.9 Å². The van der Waals surface area contributed by atoms with Crippen LogP contribution in [0, 0.1) is 5.92 Å². The maximum atomic E-state index is 5.51. The number of aromatic nitrogens is 1. The number of ether oxygens (including phenoxy) is 1. The van der Waals surface area contributed by atoms with Crippen molar-refractivity contribution < 1.29 is 4.74 Å². The predicted octanol–water partition coefficient (Wildman–Crippen LogP) is 3.32. The van der Waals surface area contributed by atoms with Crippen molar-refractivity contribution in [1.29, 1.82) is 0 Å². The zero-order valence-electron chi connectivity index (χ0n) is 9.87. The summed E-state index contributed by atoms with van der Waals surface area (Å²) in [5.74, 6) is 0.710. The summed E-state index contributed by atoms with van der Waals surface area (Å²) in [6.45, 7) is 6.81. The molecule has 1 heterocycles. The SMILES string of the molecule is CC(C)CCOCCNc1ccncc1Br. The average Bonchev–Trinajstić information content (AvgIpc) is 2.25. The fourth-order valence-corrected chi connectivity index (χ4v) is 1.59. The minimum absolute atomic E-state index is 0.710. The van der Waals surface area contributed by atoms with Gasteiger partial charge in [0.2, 0.25) is 0 Å². The molecule has 0 aromatic carbocycles. The standard InChI is InChI=1S/C12H19BrN2O/c1-10(2)4-7-16-8-6-15-12-3-5-14-9-11(12)13/h3,5,9-10H,4,6-8H2,1-2H3,(H,14,15). The van der Waals surface area contributed by atoms with Crippen LogP contribution in [0.5, 0.6) is 0 Å². The average molecular weight is 287 g/mol. The molecular formula is C12H19BrN2O. The number of halogens is 1. The van der Waals surface area contributed by atoms with Crippen LogP contribution in [0.25, 0.3) is 0 Å². The highest BCUT2D eigenvalue weighted by atomic mass is 79.9. The maximum Gasteiger partial charge on any atom is 0.0639 e. The first kappa shape index (κ1) is 13.5. The number of rotatable bonds is 7. The van der Waals surface area contributed by atoms with Crippen molar-refractivity contribution in [3.63, 3.8) is 0 Å². The van der Waals surface area contributed by atoms with Crippen molar-refractivity contribution in [2.45, 2.75) is 20.3 Å². The molecule has 0 saturated heterocycles. The fourth-order valence-electron chi connectivity index (χ4n) is 1.20. The molecule has 0 amide bonds. The van der Waals surface area contributed by atoms with Crippen LogP contribution < -0.4 is 5.32 Å². The van der Waals surface area contributed by atoms with Gasteiger partial charge in [-0.2, -0.15) is 0 Å². The third-order valence-electron chi connectivity index (χ3n) is 2.17. The first-order chi connectivity index (χ1) is 7.70. The molecule has 4 heteroatoms. The zero-order valence-corrected chi connectivity index (χ0v) is 11.5. The Labute approximate surface area is 106 Å². The summed E-state index contributed by atoms with van der Waals surface area (Å²) in [4.78, 5) is 4.00. The van der Waals surface area contributed by atoms with E-state index in [2.05, 4.69) is 40.1 Å². The van der Waals surface area contributed by atoms with Crippen molar-refractivity contribution in [2.24, 2.45) is 5.92 Å². The summed E-state index contributed by atoms with van der Waals surface area (Å²) in [6, 6.07) is 1.94. The van der Waals surface area contributed by atoms with Crippen LogP contribution in [0.1, 0.15) is 20.3 Å². The molecule has 0 spiro atoms. The van der Waals surface area contributed by atoms with Gasteiger partial charge in [0, 0.05) is 25.5 Å². The van der Waals surface area contributed by atoms with Crippen LogP contribution in [0.15, 0.2) is 22.9 Å². The Balaban J connectivity index is 2.10. The second-order valence-corrected chi connectivity index (χ2v) is 4.93. The minimum Gasteiger partial charge on any atom is -0.382 e. The van der Waals surface area contributed by atoms with Gasteiger partial charge in [0.05, 0.1) is 16.8 Å². The second kappa shape index (κ2) is 7.63. The lowest BCUT2D eigenvalue weighted by atomic mass is 10.1. The van der Waals surface area contributed by atoms with Gasteiger partial charge in [-0.1, -0.05) is 13.8 Å². The lowest BCUT2D eigenvalue weighted by Crippen LogP contribution is -2.11. The van der Waals surface area contributed by atoms with Crippen molar-refractivity contribution >= 4 is 21.6 Å². The first-order valence-electron chi connectivity index (χ1n) is 5.61. The largest absolute Gasteiger partial charge is 0.382 e. The summed E-state index contributed by atoms with van der Waals surface area (Å²) in [5, 5.41) is 3.29. The van der Waals surface area contributed by atoms with Crippen LogP contribution in [0.2, 0.25) is 0 Å². The topological polar surface area (TPSA) is 34.1 Å². The normalized spacial score (nSPS) is 10.8. The molecule has 0 aliphatic rings. The highest BCUT2D eigenvalue weighted by Crippen LogP contribution is 2.19. The molecule has 0 fully saturated rings. The van der Waals surface area contributed by atoms with Crippen LogP contribution in [0.4, 0.5) is 5.69 Å². The zero-order chi connectivity index (χ0) is 11.8. The Morgan fingerprint density at radius 3 is 2.94 bits per heavy atom. The molecule has 16 heavy (non-hydrogen) atoms. The molecule has 1 N–H and O–H groups in total. The Bertz CT molecular complexity index is 305. The quantitative estimate of drug-likeness (QED) is 0.781. The molecule has 0 unspecified atom stereocenters.